The molecule has 2 aliphatic rings. The summed E-state index contributed by atoms with van der Waals surface area (Å²) in [5.74, 6) is 1.06. The topological polar surface area (TPSA) is 39.9 Å². The molecule has 0 aliphatic carbocycles. The van der Waals surface area contributed by atoms with Gasteiger partial charge in [-0.2, -0.15) is 0 Å². The third kappa shape index (κ3) is 4.05. The fourth-order valence-corrected chi connectivity index (χ4v) is 4.43. The van der Waals surface area contributed by atoms with Gasteiger partial charge in [0.25, 0.3) is 5.91 Å². The normalized spacial score (nSPS) is 20.8. The lowest BCUT2D eigenvalue weighted by atomic mass is 9.83. The minimum absolute atomic E-state index is 0.159. The molecule has 3 heterocycles. The number of hydrogen-bond acceptors (Lipinski definition) is 4. The van der Waals surface area contributed by atoms with Crippen LogP contribution in [-0.4, -0.2) is 72.5 Å². The summed E-state index contributed by atoms with van der Waals surface area (Å²) in [6.45, 7) is 5.79. The maximum atomic E-state index is 12.8. The van der Waals surface area contributed by atoms with Gasteiger partial charge >= 0.3 is 0 Å². The van der Waals surface area contributed by atoms with Crippen molar-refractivity contribution >= 4 is 12.0 Å². The van der Waals surface area contributed by atoms with Crippen LogP contribution in [0.25, 0.3) is 6.08 Å². The Morgan fingerprint density at radius 1 is 1.07 bits per heavy atom. The van der Waals surface area contributed by atoms with Gasteiger partial charge in [0.15, 0.2) is 0 Å². The summed E-state index contributed by atoms with van der Waals surface area (Å²) in [7, 11) is 2.24. The molecule has 2 fully saturated rings. The fraction of sp³-hybridized carbons (Fsp3) is 0.435. The minimum Gasteiger partial charge on any atom is -0.465 e. The van der Waals surface area contributed by atoms with E-state index in [9.17, 15) is 4.79 Å². The molecule has 1 aromatic heterocycles. The number of piperazine rings is 1. The summed E-state index contributed by atoms with van der Waals surface area (Å²) < 4.78 is 5.37. The molecule has 5 heteroatoms. The molecular weight excluding hydrogens is 350 g/mol. The number of carbonyl (C=O) groups is 1. The third-order valence-electron chi connectivity index (χ3n) is 6.27. The highest BCUT2D eigenvalue weighted by Crippen LogP contribution is 2.32. The van der Waals surface area contributed by atoms with E-state index in [1.807, 2.05) is 53.4 Å². The quantitative estimate of drug-likeness (QED) is 0.818. The van der Waals surface area contributed by atoms with Crippen LogP contribution < -0.4 is 0 Å². The van der Waals surface area contributed by atoms with Crippen molar-refractivity contribution < 1.29 is 9.21 Å². The van der Waals surface area contributed by atoms with Gasteiger partial charge in [0.1, 0.15) is 5.76 Å². The molecule has 28 heavy (non-hydrogen) atoms. The second-order valence-corrected chi connectivity index (χ2v) is 7.96. The largest absolute Gasteiger partial charge is 0.465 e. The lowest BCUT2D eigenvalue weighted by Crippen LogP contribution is -2.64. The summed E-state index contributed by atoms with van der Waals surface area (Å²) in [5, 5.41) is 0. The molecule has 0 atom stereocenters. The molecule has 0 saturated carbocycles. The van der Waals surface area contributed by atoms with Gasteiger partial charge in [-0.25, -0.2) is 0 Å². The molecule has 0 radical (unpaired) electrons. The average Bonchev–Trinajstić information content (AvgIpc) is 3.25. The van der Waals surface area contributed by atoms with E-state index in [2.05, 4.69) is 22.9 Å². The summed E-state index contributed by atoms with van der Waals surface area (Å²) in [4.78, 5) is 19.8. The highest BCUT2D eigenvalue weighted by Gasteiger charge is 2.42. The van der Waals surface area contributed by atoms with Gasteiger partial charge in [-0.15, -0.1) is 0 Å². The van der Waals surface area contributed by atoms with E-state index >= 15 is 0 Å². The van der Waals surface area contributed by atoms with Crippen LogP contribution in [-0.2, 0) is 0 Å². The van der Waals surface area contributed by atoms with Gasteiger partial charge in [0.05, 0.1) is 6.26 Å². The number of piperidine rings is 1. The molecule has 0 bridgehead atoms. The Balaban J connectivity index is 1.35. The van der Waals surface area contributed by atoms with E-state index in [0.717, 1.165) is 63.4 Å². The molecule has 2 saturated heterocycles. The van der Waals surface area contributed by atoms with Crippen molar-refractivity contribution in [2.24, 2.45) is 0 Å². The first-order valence-electron chi connectivity index (χ1n) is 10.1. The molecule has 148 valence electrons. The Morgan fingerprint density at radius 3 is 2.57 bits per heavy atom. The van der Waals surface area contributed by atoms with Crippen LogP contribution in [0, 0.1) is 0 Å². The van der Waals surface area contributed by atoms with Gasteiger partial charge in [0, 0.05) is 50.4 Å². The second-order valence-electron chi connectivity index (χ2n) is 7.96. The smallest absolute Gasteiger partial charge is 0.253 e. The molecule has 2 aromatic rings. The molecule has 1 amide bonds. The Morgan fingerprint density at radius 2 is 1.86 bits per heavy atom. The summed E-state index contributed by atoms with van der Waals surface area (Å²) in [6.07, 6.45) is 7.99. The van der Waals surface area contributed by atoms with Crippen LogP contribution in [0.1, 0.15) is 29.0 Å². The zero-order valence-corrected chi connectivity index (χ0v) is 16.6. The molecule has 4 rings (SSSR count). The van der Waals surface area contributed by atoms with Gasteiger partial charge in [0.2, 0.25) is 0 Å². The monoisotopic (exact) mass is 379 g/mol. The number of nitrogens with zero attached hydrogens (tertiary/aromatic N) is 3. The number of benzene rings is 1. The minimum atomic E-state index is 0.159. The van der Waals surface area contributed by atoms with E-state index in [4.69, 9.17) is 4.42 Å². The van der Waals surface area contributed by atoms with Crippen LogP contribution >= 0.6 is 0 Å². The van der Waals surface area contributed by atoms with Crippen molar-refractivity contribution in [3.8, 4) is 0 Å². The van der Waals surface area contributed by atoms with Gasteiger partial charge in [-0.3, -0.25) is 14.6 Å². The summed E-state index contributed by atoms with van der Waals surface area (Å²) in [6, 6.07) is 13.5. The third-order valence-corrected chi connectivity index (χ3v) is 6.27. The first kappa shape index (κ1) is 19.0. The molecular formula is C23H29N3O2. The predicted molar refractivity (Wildman–Crippen MR) is 111 cm³/mol. The van der Waals surface area contributed by atoms with E-state index in [1.165, 1.54) is 0 Å². The Labute approximate surface area is 167 Å². The van der Waals surface area contributed by atoms with Gasteiger partial charge in [-0.05, 0) is 50.2 Å². The lowest BCUT2D eigenvalue weighted by Gasteiger charge is -2.53. The number of carbonyl (C=O) groups excluding carboxylic acids is 1. The van der Waals surface area contributed by atoms with Crippen molar-refractivity contribution in [2.75, 3.05) is 46.3 Å². The zero-order valence-electron chi connectivity index (χ0n) is 16.6. The molecule has 2 aliphatic heterocycles. The number of furan rings is 1. The van der Waals surface area contributed by atoms with Crippen LogP contribution in [0.2, 0.25) is 0 Å². The number of amides is 1. The first-order chi connectivity index (χ1) is 13.7. The van der Waals surface area contributed by atoms with E-state index in [0.29, 0.717) is 0 Å². The van der Waals surface area contributed by atoms with Crippen LogP contribution in [0.4, 0.5) is 0 Å². The van der Waals surface area contributed by atoms with Crippen LogP contribution in [0.15, 0.2) is 59.2 Å². The molecule has 0 unspecified atom stereocenters. The van der Waals surface area contributed by atoms with E-state index in [1.54, 1.807) is 6.26 Å². The molecule has 1 aromatic carbocycles. The first-order valence-corrected chi connectivity index (χ1v) is 10.1. The summed E-state index contributed by atoms with van der Waals surface area (Å²) >= 11 is 0. The second kappa shape index (κ2) is 8.33. The van der Waals surface area contributed by atoms with Crippen molar-refractivity contribution in [1.82, 2.24) is 14.7 Å². The molecule has 5 nitrogen and oxygen atoms in total. The van der Waals surface area contributed by atoms with Crippen molar-refractivity contribution in [3.63, 3.8) is 0 Å². The summed E-state index contributed by atoms with van der Waals surface area (Å²) in [5.41, 5.74) is 0.963. The zero-order chi connectivity index (χ0) is 19.4. The van der Waals surface area contributed by atoms with Gasteiger partial charge in [-0.1, -0.05) is 24.3 Å². The fourth-order valence-electron chi connectivity index (χ4n) is 4.43. The van der Waals surface area contributed by atoms with E-state index in [-0.39, 0.29) is 11.4 Å². The number of likely N-dealkylation sites (N-methyl/N-ethyl adjacent to an activating group) is 1. The number of likely N-dealkylation sites (tertiary alicyclic amines) is 1. The van der Waals surface area contributed by atoms with Crippen LogP contribution in [0.5, 0.6) is 0 Å². The number of rotatable bonds is 4. The highest BCUT2D eigenvalue weighted by atomic mass is 16.3. The van der Waals surface area contributed by atoms with Crippen LogP contribution in [0.3, 0.4) is 0 Å². The van der Waals surface area contributed by atoms with E-state index < -0.39 is 0 Å². The van der Waals surface area contributed by atoms with Gasteiger partial charge < -0.3 is 9.32 Å². The lowest BCUT2D eigenvalue weighted by molar-refractivity contribution is -0.0201. The standard InChI is InChI=1S/C23H29N3O2/c1-24-16-17-25(13-5-9-21-10-6-18-28-21)19-23(24)11-14-26(15-12-23)22(27)20-7-3-2-4-8-20/h2-10,18H,11-17,19H2,1H3/b9-5+. The molecule has 0 N–H and O–H groups in total. The Hall–Kier alpha value is -2.37. The average molecular weight is 380 g/mol. The number of hydrogen-bond donors (Lipinski definition) is 0. The van der Waals surface area contributed by atoms with Crippen molar-refractivity contribution in [1.29, 1.82) is 0 Å². The maximum Gasteiger partial charge on any atom is 0.253 e. The maximum absolute atomic E-state index is 12.8. The Bertz CT molecular complexity index is 793. The Kier molecular flexibility index (Phi) is 5.64. The van der Waals surface area contributed by atoms with Crippen molar-refractivity contribution in [3.05, 3.63) is 66.1 Å². The predicted octanol–water partition coefficient (Wildman–Crippen LogP) is 3.22. The molecule has 1 spiro atoms. The van der Waals surface area contributed by atoms with Crippen molar-refractivity contribution in [2.45, 2.75) is 18.4 Å². The highest BCUT2D eigenvalue weighted by molar-refractivity contribution is 5.94. The SMILES string of the molecule is CN1CCN(C/C=C/c2ccco2)CC12CCN(C(=O)c1ccccc1)CC2.